The number of furan rings is 1. The molecule has 152 valence electrons. The van der Waals surface area contributed by atoms with Gasteiger partial charge in [-0.1, -0.05) is 19.9 Å². The Kier molecular flexibility index (Phi) is 5.04. The first-order valence-corrected chi connectivity index (χ1v) is 12.3. The van der Waals surface area contributed by atoms with Crippen LogP contribution >= 0.6 is 11.3 Å². The van der Waals surface area contributed by atoms with Gasteiger partial charge < -0.3 is 4.42 Å². The highest BCUT2D eigenvalue weighted by Gasteiger charge is 2.65. The zero-order valence-corrected chi connectivity index (χ0v) is 18.0. The lowest BCUT2D eigenvalue weighted by Gasteiger charge is -2.37. The summed E-state index contributed by atoms with van der Waals surface area (Å²) in [6.07, 6.45) is 5.98. The number of carbonyl (C=O) groups excluding carboxylic acids is 1. The zero-order valence-electron chi connectivity index (χ0n) is 16.4. The summed E-state index contributed by atoms with van der Waals surface area (Å²) in [7, 11) is -3.61. The number of Topliss-reactive ketones (excluding diaryl/α,β-unsaturated/α-hetero) is 1. The molecule has 2 aliphatic rings. The van der Waals surface area contributed by atoms with Crippen molar-refractivity contribution in [2.24, 2.45) is 16.7 Å². The quantitative estimate of drug-likeness (QED) is 0.643. The zero-order chi connectivity index (χ0) is 20.0. The number of ketones is 1. The van der Waals surface area contributed by atoms with Crippen molar-refractivity contribution < 1.29 is 17.6 Å². The van der Waals surface area contributed by atoms with Gasteiger partial charge in [-0.05, 0) is 48.1 Å². The fourth-order valence-electron chi connectivity index (χ4n) is 5.10. The predicted octanol–water partition coefficient (Wildman–Crippen LogP) is 4.11. The van der Waals surface area contributed by atoms with Crippen LogP contribution in [0.1, 0.15) is 43.6 Å². The standard InChI is InChI=1S/C21H27NO4S2/c1-20(2)17-5-8-21(20,19(23)12-17)15-28(24,25)22(13-16-7-10-26-14-16)9-6-18-4-3-11-27-18/h3-4,7,10-11,14,17H,5-6,8-9,12-13,15H2,1-2H3. The maximum absolute atomic E-state index is 13.5. The van der Waals surface area contributed by atoms with Gasteiger partial charge in [0.05, 0.1) is 18.3 Å². The number of nitrogens with zero attached hydrogens (tertiary/aromatic N) is 1. The van der Waals surface area contributed by atoms with E-state index in [1.807, 2.05) is 17.5 Å². The summed E-state index contributed by atoms with van der Waals surface area (Å²) in [4.78, 5) is 14.0. The molecule has 2 heterocycles. The van der Waals surface area contributed by atoms with Gasteiger partial charge in [0.1, 0.15) is 5.78 Å². The van der Waals surface area contributed by atoms with Crippen LogP contribution in [0.15, 0.2) is 40.5 Å². The summed E-state index contributed by atoms with van der Waals surface area (Å²) < 4.78 is 33.7. The number of rotatable bonds is 8. The first-order chi connectivity index (χ1) is 13.2. The monoisotopic (exact) mass is 421 g/mol. The van der Waals surface area contributed by atoms with Crippen LogP contribution in [-0.4, -0.2) is 30.8 Å². The molecule has 2 aromatic rings. The van der Waals surface area contributed by atoms with Crippen molar-refractivity contribution in [3.05, 3.63) is 46.5 Å². The molecule has 0 spiro atoms. The van der Waals surface area contributed by atoms with Gasteiger partial charge in [0.15, 0.2) is 0 Å². The Morgan fingerprint density at radius 3 is 2.71 bits per heavy atom. The highest BCUT2D eigenvalue weighted by molar-refractivity contribution is 7.89. The van der Waals surface area contributed by atoms with Crippen LogP contribution in [0, 0.1) is 16.7 Å². The van der Waals surface area contributed by atoms with Gasteiger partial charge in [0, 0.05) is 35.4 Å². The molecule has 4 rings (SSSR count). The van der Waals surface area contributed by atoms with Gasteiger partial charge in [-0.3, -0.25) is 4.79 Å². The van der Waals surface area contributed by atoms with Crippen LogP contribution < -0.4 is 0 Å². The fraction of sp³-hybridized carbons (Fsp3) is 0.571. The Labute approximate surface area is 170 Å². The second kappa shape index (κ2) is 7.11. The van der Waals surface area contributed by atoms with Gasteiger partial charge in [-0.25, -0.2) is 8.42 Å². The minimum atomic E-state index is -3.61. The van der Waals surface area contributed by atoms with Crippen LogP contribution in [-0.2, 0) is 27.8 Å². The summed E-state index contributed by atoms with van der Waals surface area (Å²) in [5.41, 5.74) is -0.172. The smallest absolute Gasteiger partial charge is 0.215 e. The molecule has 2 fully saturated rings. The van der Waals surface area contributed by atoms with E-state index < -0.39 is 15.4 Å². The number of sulfonamides is 1. The lowest BCUT2D eigenvalue weighted by molar-refractivity contribution is -0.128. The van der Waals surface area contributed by atoms with Crippen molar-refractivity contribution in [1.29, 1.82) is 0 Å². The van der Waals surface area contributed by atoms with E-state index >= 15 is 0 Å². The van der Waals surface area contributed by atoms with Crippen molar-refractivity contribution in [3.63, 3.8) is 0 Å². The van der Waals surface area contributed by atoms with Crippen LogP contribution in [0.3, 0.4) is 0 Å². The molecule has 2 bridgehead atoms. The molecule has 0 saturated heterocycles. The van der Waals surface area contributed by atoms with Crippen molar-refractivity contribution in [3.8, 4) is 0 Å². The second-order valence-electron chi connectivity index (χ2n) is 8.72. The van der Waals surface area contributed by atoms with Crippen LogP contribution in [0.4, 0.5) is 0 Å². The normalized spacial score (nSPS) is 26.4. The number of hydrogen-bond acceptors (Lipinski definition) is 5. The molecule has 2 atom stereocenters. The summed E-state index contributed by atoms with van der Waals surface area (Å²) in [6.45, 7) is 4.84. The van der Waals surface area contributed by atoms with Crippen molar-refractivity contribution >= 4 is 27.1 Å². The first-order valence-electron chi connectivity index (χ1n) is 9.79. The van der Waals surface area contributed by atoms with E-state index in [1.54, 1.807) is 34.2 Å². The molecule has 0 amide bonds. The number of carbonyl (C=O) groups is 1. The summed E-state index contributed by atoms with van der Waals surface area (Å²) >= 11 is 1.63. The fourth-order valence-corrected chi connectivity index (χ4v) is 8.00. The average molecular weight is 422 g/mol. The molecule has 2 aromatic heterocycles. The minimum Gasteiger partial charge on any atom is -0.472 e. The Balaban J connectivity index is 1.59. The summed E-state index contributed by atoms with van der Waals surface area (Å²) in [5.74, 6) is 0.368. The van der Waals surface area contributed by atoms with Gasteiger partial charge in [0.2, 0.25) is 10.0 Å². The summed E-state index contributed by atoms with van der Waals surface area (Å²) in [5, 5.41) is 2.00. The third-order valence-corrected chi connectivity index (χ3v) is 9.98. The predicted molar refractivity (Wildman–Crippen MR) is 109 cm³/mol. The van der Waals surface area contributed by atoms with E-state index in [2.05, 4.69) is 13.8 Å². The number of thiophene rings is 1. The Hall–Kier alpha value is -1.44. The Morgan fingerprint density at radius 1 is 1.32 bits per heavy atom. The number of hydrogen-bond donors (Lipinski definition) is 0. The molecule has 0 aliphatic heterocycles. The molecule has 0 N–H and O–H groups in total. The van der Waals surface area contributed by atoms with Crippen molar-refractivity contribution in [2.45, 2.75) is 46.1 Å². The summed E-state index contributed by atoms with van der Waals surface area (Å²) in [6, 6.07) is 5.80. The molecular formula is C21H27NO4S2. The molecular weight excluding hydrogens is 394 g/mol. The molecule has 0 radical (unpaired) electrons. The largest absolute Gasteiger partial charge is 0.472 e. The van der Waals surface area contributed by atoms with Crippen LogP contribution in [0.5, 0.6) is 0 Å². The van der Waals surface area contributed by atoms with Crippen LogP contribution in [0.25, 0.3) is 0 Å². The SMILES string of the molecule is CC1(C)C2CCC1(CS(=O)(=O)N(CCc1cccs1)Cc1ccoc1)C(=O)C2. The lowest BCUT2D eigenvalue weighted by Crippen LogP contribution is -2.46. The lowest BCUT2D eigenvalue weighted by atomic mass is 9.70. The molecule has 5 nitrogen and oxygen atoms in total. The topological polar surface area (TPSA) is 67.6 Å². The Bertz CT molecular complexity index is 931. The third-order valence-electron chi connectivity index (χ3n) is 7.09. The highest BCUT2D eigenvalue weighted by atomic mass is 32.2. The second-order valence-corrected chi connectivity index (χ2v) is 11.7. The molecule has 28 heavy (non-hydrogen) atoms. The van der Waals surface area contributed by atoms with E-state index in [0.717, 1.165) is 16.9 Å². The van der Waals surface area contributed by atoms with Crippen molar-refractivity contribution in [1.82, 2.24) is 4.31 Å². The molecule has 2 aliphatic carbocycles. The molecule has 0 aromatic carbocycles. The average Bonchev–Trinajstić information content (AvgIpc) is 3.39. The van der Waals surface area contributed by atoms with Gasteiger partial charge in [0.25, 0.3) is 0 Å². The van der Waals surface area contributed by atoms with E-state index in [1.165, 1.54) is 0 Å². The highest BCUT2D eigenvalue weighted by Crippen LogP contribution is 2.64. The molecule has 2 saturated carbocycles. The maximum atomic E-state index is 13.5. The first kappa shape index (κ1) is 19.9. The van der Waals surface area contributed by atoms with E-state index in [9.17, 15) is 13.2 Å². The van der Waals surface area contributed by atoms with E-state index in [0.29, 0.717) is 31.7 Å². The van der Waals surface area contributed by atoms with Crippen LogP contribution in [0.2, 0.25) is 0 Å². The third kappa shape index (κ3) is 3.27. The molecule has 7 heteroatoms. The number of fused-ring (bicyclic) bond motifs is 2. The van der Waals surface area contributed by atoms with E-state index in [4.69, 9.17) is 4.42 Å². The van der Waals surface area contributed by atoms with Gasteiger partial charge >= 0.3 is 0 Å². The van der Waals surface area contributed by atoms with E-state index in [-0.39, 0.29) is 23.5 Å². The van der Waals surface area contributed by atoms with Gasteiger partial charge in [-0.2, -0.15) is 4.31 Å². The minimum absolute atomic E-state index is 0.0787. The van der Waals surface area contributed by atoms with Crippen molar-refractivity contribution in [2.75, 3.05) is 12.3 Å². The van der Waals surface area contributed by atoms with Gasteiger partial charge in [-0.15, -0.1) is 11.3 Å². The molecule has 2 unspecified atom stereocenters. The maximum Gasteiger partial charge on any atom is 0.215 e. The Morgan fingerprint density at radius 2 is 2.14 bits per heavy atom.